The summed E-state index contributed by atoms with van der Waals surface area (Å²) in [6, 6.07) is 17.6. The lowest BCUT2D eigenvalue weighted by atomic mass is 9.91. The van der Waals surface area contributed by atoms with Crippen LogP contribution in [0.3, 0.4) is 0 Å². The average molecular weight is 426 g/mol. The molecule has 1 unspecified atom stereocenters. The molecular weight excluding hydrogens is 394 g/mol. The molecule has 0 saturated carbocycles. The van der Waals surface area contributed by atoms with Crippen LogP contribution in [0.4, 0.5) is 4.79 Å². The maximum Gasteiger partial charge on any atom is 0.408 e. The summed E-state index contributed by atoms with van der Waals surface area (Å²) in [5.74, 6) is -1.19. The van der Waals surface area contributed by atoms with E-state index < -0.39 is 35.1 Å². The van der Waals surface area contributed by atoms with E-state index in [2.05, 4.69) is 10.6 Å². The zero-order valence-corrected chi connectivity index (χ0v) is 18.5. The van der Waals surface area contributed by atoms with Gasteiger partial charge in [-0.3, -0.25) is 9.59 Å². The standard InChI is InChI=1S/C24H31N3O4/c1-23(2,3)31-22(30)26-19(15-17-11-7-5-8-12-17)20(28)27-24(4,21(25)29)16-18-13-9-6-10-14-18/h5-14,19H,15-16H2,1-4H3,(H2,25,29)(H,26,30)(H,27,28)/t19-,24?/m1/s1. The highest BCUT2D eigenvalue weighted by Gasteiger charge is 2.36. The first-order valence-corrected chi connectivity index (χ1v) is 10.2. The minimum Gasteiger partial charge on any atom is -0.444 e. The second-order valence-electron chi connectivity index (χ2n) is 8.74. The first-order chi connectivity index (χ1) is 14.5. The summed E-state index contributed by atoms with van der Waals surface area (Å²) in [7, 11) is 0. The van der Waals surface area contributed by atoms with E-state index in [1.165, 1.54) is 0 Å². The van der Waals surface area contributed by atoms with Gasteiger partial charge in [-0.25, -0.2) is 4.79 Å². The lowest BCUT2D eigenvalue weighted by molar-refractivity contribution is -0.132. The molecule has 2 atom stereocenters. The molecule has 31 heavy (non-hydrogen) atoms. The lowest BCUT2D eigenvalue weighted by Crippen LogP contribution is -2.61. The van der Waals surface area contributed by atoms with Crippen LogP contribution in [0.2, 0.25) is 0 Å². The molecule has 2 aromatic carbocycles. The van der Waals surface area contributed by atoms with Gasteiger partial charge in [0.1, 0.15) is 17.2 Å². The number of primary amides is 1. The van der Waals surface area contributed by atoms with Crippen LogP contribution < -0.4 is 16.4 Å². The Bertz CT molecular complexity index is 894. The van der Waals surface area contributed by atoms with Crippen LogP contribution in [0, 0.1) is 0 Å². The second kappa shape index (κ2) is 10.1. The van der Waals surface area contributed by atoms with Crippen molar-refractivity contribution in [2.24, 2.45) is 5.73 Å². The van der Waals surface area contributed by atoms with Crippen LogP contribution in [0.15, 0.2) is 60.7 Å². The molecule has 0 radical (unpaired) electrons. The van der Waals surface area contributed by atoms with Gasteiger partial charge in [0, 0.05) is 12.8 Å². The summed E-state index contributed by atoms with van der Waals surface area (Å²) >= 11 is 0. The maximum absolute atomic E-state index is 13.2. The molecule has 0 fully saturated rings. The topological polar surface area (TPSA) is 111 Å². The van der Waals surface area contributed by atoms with Crippen molar-refractivity contribution in [3.63, 3.8) is 0 Å². The Morgan fingerprint density at radius 3 is 1.90 bits per heavy atom. The van der Waals surface area contributed by atoms with Crippen molar-refractivity contribution in [2.75, 3.05) is 0 Å². The smallest absolute Gasteiger partial charge is 0.408 e. The van der Waals surface area contributed by atoms with Crippen molar-refractivity contribution in [1.82, 2.24) is 10.6 Å². The number of alkyl carbamates (subject to hydrolysis) is 1. The average Bonchev–Trinajstić information content (AvgIpc) is 2.67. The van der Waals surface area contributed by atoms with E-state index in [1.807, 2.05) is 60.7 Å². The quantitative estimate of drug-likeness (QED) is 0.604. The van der Waals surface area contributed by atoms with Gasteiger partial charge < -0.3 is 21.1 Å². The Kier molecular flexibility index (Phi) is 7.80. The molecule has 7 heteroatoms. The van der Waals surface area contributed by atoms with Crippen LogP contribution in [-0.4, -0.2) is 35.1 Å². The third kappa shape index (κ3) is 7.77. The van der Waals surface area contributed by atoms with Gasteiger partial charge in [-0.2, -0.15) is 0 Å². The van der Waals surface area contributed by atoms with Crippen LogP contribution in [-0.2, 0) is 27.2 Å². The molecule has 0 aliphatic rings. The molecule has 2 rings (SSSR count). The molecule has 0 aliphatic heterocycles. The molecule has 7 nitrogen and oxygen atoms in total. The fraction of sp³-hybridized carbons (Fsp3) is 0.375. The number of hydrogen-bond acceptors (Lipinski definition) is 4. The van der Waals surface area contributed by atoms with Crippen molar-refractivity contribution in [2.45, 2.75) is 57.7 Å². The van der Waals surface area contributed by atoms with E-state index in [1.54, 1.807) is 27.7 Å². The van der Waals surface area contributed by atoms with E-state index in [4.69, 9.17) is 10.5 Å². The summed E-state index contributed by atoms with van der Waals surface area (Å²) in [6.45, 7) is 6.79. The molecular formula is C24H31N3O4. The molecule has 0 spiro atoms. The number of hydrogen-bond donors (Lipinski definition) is 3. The predicted octanol–water partition coefficient (Wildman–Crippen LogP) is 2.73. The molecule has 3 amide bonds. The number of carbonyl (C=O) groups is 3. The monoisotopic (exact) mass is 425 g/mol. The van der Waals surface area contributed by atoms with Crippen molar-refractivity contribution in [3.05, 3.63) is 71.8 Å². The van der Waals surface area contributed by atoms with E-state index in [0.717, 1.165) is 11.1 Å². The van der Waals surface area contributed by atoms with Crippen molar-refractivity contribution < 1.29 is 19.1 Å². The van der Waals surface area contributed by atoms with Gasteiger partial charge >= 0.3 is 6.09 Å². The minimum absolute atomic E-state index is 0.222. The molecule has 0 bridgehead atoms. The number of benzene rings is 2. The van der Waals surface area contributed by atoms with Gasteiger partial charge in [-0.1, -0.05) is 60.7 Å². The van der Waals surface area contributed by atoms with Crippen molar-refractivity contribution in [1.29, 1.82) is 0 Å². The van der Waals surface area contributed by atoms with Crippen molar-refractivity contribution >= 4 is 17.9 Å². The largest absolute Gasteiger partial charge is 0.444 e. The zero-order chi connectivity index (χ0) is 23.1. The van der Waals surface area contributed by atoms with E-state index in [-0.39, 0.29) is 12.8 Å². The van der Waals surface area contributed by atoms with E-state index in [0.29, 0.717) is 0 Å². The number of nitrogens with one attached hydrogen (secondary N) is 2. The Morgan fingerprint density at radius 1 is 0.903 bits per heavy atom. The first kappa shape index (κ1) is 23.9. The molecule has 0 aromatic heterocycles. The fourth-order valence-electron chi connectivity index (χ4n) is 3.06. The molecule has 0 saturated heterocycles. The van der Waals surface area contributed by atoms with Gasteiger partial charge in [0.15, 0.2) is 0 Å². The number of amides is 3. The van der Waals surface area contributed by atoms with Crippen LogP contribution >= 0.6 is 0 Å². The second-order valence-corrected chi connectivity index (χ2v) is 8.74. The highest BCUT2D eigenvalue weighted by molar-refractivity contribution is 5.93. The normalized spacial score (nSPS) is 14.1. The Balaban J connectivity index is 2.22. The van der Waals surface area contributed by atoms with E-state index >= 15 is 0 Å². The third-order valence-electron chi connectivity index (χ3n) is 4.63. The summed E-state index contributed by atoms with van der Waals surface area (Å²) in [6.07, 6.45) is -0.265. The minimum atomic E-state index is -1.33. The number of nitrogens with two attached hydrogens (primary N) is 1. The summed E-state index contributed by atoms with van der Waals surface area (Å²) in [5.41, 5.74) is 5.29. The van der Waals surface area contributed by atoms with E-state index in [9.17, 15) is 14.4 Å². The summed E-state index contributed by atoms with van der Waals surface area (Å²) in [4.78, 5) is 37.8. The molecule has 0 aliphatic carbocycles. The lowest BCUT2D eigenvalue weighted by Gasteiger charge is -2.30. The summed E-state index contributed by atoms with van der Waals surface area (Å²) < 4.78 is 5.31. The Hall–Kier alpha value is -3.35. The third-order valence-corrected chi connectivity index (χ3v) is 4.63. The first-order valence-electron chi connectivity index (χ1n) is 10.2. The molecule has 4 N–H and O–H groups in total. The van der Waals surface area contributed by atoms with Gasteiger partial charge in [-0.15, -0.1) is 0 Å². The van der Waals surface area contributed by atoms with Gasteiger partial charge in [0.25, 0.3) is 0 Å². The zero-order valence-electron chi connectivity index (χ0n) is 18.5. The number of carbonyl (C=O) groups excluding carboxylic acids is 3. The van der Waals surface area contributed by atoms with Gasteiger partial charge in [0.2, 0.25) is 11.8 Å². The maximum atomic E-state index is 13.2. The predicted molar refractivity (Wildman–Crippen MR) is 119 cm³/mol. The molecule has 0 heterocycles. The molecule has 2 aromatic rings. The van der Waals surface area contributed by atoms with Gasteiger partial charge in [-0.05, 0) is 38.8 Å². The SMILES string of the molecule is CC(C)(C)OC(=O)N[C@H](Cc1ccccc1)C(=O)NC(C)(Cc1ccccc1)C(N)=O. The van der Waals surface area contributed by atoms with Crippen molar-refractivity contribution in [3.8, 4) is 0 Å². The van der Waals surface area contributed by atoms with Crippen LogP contribution in [0.1, 0.15) is 38.8 Å². The molecule has 166 valence electrons. The summed E-state index contributed by atoms with van der Waals surface area (Å²) in [5, 5.41) is 5.37. The highest BCUT2D eigenvalue weighted by atomic mass is 16.6. The van der Waals surface area contributed by atoms with Gasteiger partial charge in [0.05, 0.1) is 0 Å². The van der Waals surface area contributed by atoms with Crippen LogP contribution in [0.25, 0.3) is 0 Å². The highest BCUT2D eigenvalue weighted by Crippen LogP contribution is 2.15. The Labute approximate surface area is 183 Å². The number of rotatable bonds is 8. The number of ether oxygens (including phenoxy) is 1. The van der Waals surface area contributed by atoms with Crippen LogP contribution in [0.5, 0.6) is 0 Å². The fourth-order valence-corrected chi connectivity index (χ4v) is 3.06. The Morgan fingerprint density at radius 2 is 1.42 bits per heavy atom.